The number of ether oxygens (including phenoxy) is 4. The average Bonchev–Trinajstić information content (AvgIpc) is 3.45. The Bertz CT molecular complexity index is 1360. The first-order chi connectivity index (χ1) is 27.7. The van der Waals surface area contributed by atoms with Crippen LogP contribution in [0.4, 0.5) is 0 Å². The number of hydrogen-bond donors (Lipinski definition) is 0. The first kappa shape index (κ1) is 49.7. The van der Waals surface area contributed by atoms with E-state index in [2.05, 4.69) is 62.5 Å². The smallest absolute Gasteiger partial charge is 0.378 e. The van der Waals surface area contributed by atoms with Gasteiger partial charge in [0.15, 0.2) is 6.10 Å². The lowest BCUT2D eigenvalue weighted by Gasteiger charge is -2.35. The highest BCUT2D eigenvalue weighted by atomic mass is 16.6. The largest absolute Gasteiger partial charge is 0.445 e. The Hall–Kier alpha value is -3.45. The lowest BCUT2D eigenvalue weighted by Crippen LogP contribution is -2.40. The number of rotatable bonds is 35. The molecule has 0 aromatic rings. The lowest BCUT2D eigenvalue weighted by atomic mass is 9.91. The summed E-state index contributed by atoms with van der Waals surface area (Å²) in [6.07, 6.45) is 47.0. The number of allylic oxidation sites excluding steroid dienone is 10. The van der Waals surface area contributed by atoms with E-state index in [4.69, 9.17) is 18.9 Å². The fraction of sp³-hybridized carbons (Fsp3) is 0.660. The highest BCUT2D eigenvalue weighted by molar-refractivity contribution is 5.93. The monoisotopic (exact) mass is 791 g/mol. The van der Waals surface area contributed by atoms with Gasteiger partial charge in [0, 0.05) is 12.8 Å². The Balaban J connectivity index is 1.83. The van der Waals surface area contributed by atoms with Crippen molar-refractivity contribution in [3.05, 3.63) is 83.9 Å². The van der Waals surface area contributed by atoms with Crippen LogP contribution in [0.1, 0.15) is 195 Å². The molecule has 2 unspecified atom stereocenters. The van der Waals surface area contributed by atoms with E-state index in [9.17, 15) is 14.4 Å². The van der Waals surface area contributed by atoms with Gasteiger partial charge in [-0.15, -0.1) is 0 Å². The highest BCUT2D eigenvalue weighted by Gasteiger charge is 2.46. The summed E-state index contributed by atoms with van der Waals surface area (Å²) in [5.74, 6) is -2.20. The summed E-state index contributed by atoms with van der Waals surface area (Å²) >= 11 is 0. The molecular formula is C50H78O7. The molecule has 1 heterocycles. The fourth-order valence-corrected chi connectivity index (χ4v) is 6.79. The predicted octanol–water partition coefficient (Wildman–Crippen LogP) is 13.9. The van der Waals surface area contributed by atoms with Crippen LogP contribution in [0.5, 0.6) is 0 Å². The second-order valence-electron chi connectivity index (χ2n) is 16.0. The molecule has 0 amide bonds. The van der Waals surface area contributed by atoms with Gasteiger partial charge in [-0.3, -0.25) is 9.59 Å². The number of hydrogen-bond acceptors (Lipinski definition) is 7. The molecule has 0 bridgehead atoms. The molecule has 320 valence electrons. The van der Waals surface area contributed by atoms with Gasteiger partial charge in [-0.25, -0.2) is 4.79 Å². The van der Waals surface area contributed by atoms with Crippen LogP contribution < -0.4 is 0 Å². The molecule has 2 aliphatic rings. The molecule has 0 spiro atoms. The summed E-state index contributed by atoms with van der Waals surface area (Å²) in [6, 6.07) is 0. The van der Waals surface area contributed by atoms with Gasteiger partial charge in [-0.2, -0.15) is 0 Å². The summed E-state index contributed by atoms with van der Waals surface area (Å²) in [5, 5.41) is 0. The van der Waals surface area contributed by atoms with Gasteiger partial charge in [-0.1, -0.05) is 152 Å². The predicted molar refractivity (Wildman–Crippen MR) is 234 cm³/mol. The van der Waals surface area contributed by atoms with Crippen molar-refractivity contribution in [1.29, 1.82) is 0 Å². The van der Waals surface area contributed by atoms with Gasteiger partial charge in [0.05, 0.1) is 5.60 Å². The Morgan fingerprint density at radius 3 is 1.53 bits per heavy atom. The van der Waals surface area contributed by atoms with Gasteiger partial charge in [-0.05, 0) is 103 Å². The van der Waals surface area contributed by atoms with Crippen LogP contribution in [0.2, 0.25) is 0 Å². The molecular weight excluding hydrogens is 713 g/mol. The SMILES string of the molecule is CCCCC/C=C\C/C=C\CCCCCCCC(=O)OC1=C(OC(=O)CCCCCCC/C=C\C/C=C\CCCCC)C(C(CC)OC(C)(C)C2=CC=C2)OC1=O. The van der Waals surface area contributed by atoms with Gasteiger partial charge in [0.1, 0.15) is 6.10 Å². The van der Waals surface area contributed by atoms with E-state index < -0.39 is 35.7 Å². The van der Waals surface area contributed by atoms with Crippen molar-refractivity contribution in [2.75, 3.05) is 0 Å². The minimum atomic E-state index is -1.00. The summed E-state index contributed by atoms with van der Waals surface area (Å²) in [4.78, 5) is 39.3. The molecule has 2 atom stereocenters. The minimum Gasteiger partial charge on any atom is -0.445 e. The Kier molecular flexibility index (Phi) is 27.5. The van der Waals surface area contributed by atoms with Crippen LogP contribution in [0.25, 0.3) is 0 Å². The molecule has 2 rings (SSSR count). The van der Waals surface area contributed by atoms with E-state index in [1.54, 1.807) is 0 Å². The van der Waals surface area contributed by atoms with Crippen LogP contribution in [-0.4, -0.2) is 35.7 Å². The maximum absolute atomic E-state index is 13.2. The van der Waals surface area contributed by atoms with Crippen LogP contribution >= 0.6 is 0 Å². The molecule has 0 saturated heterocycles. The summed E-state index contributed by atoms with van der Waals surface area (Å²) in [7, 11) is 0. The zero-order valence-corrected chi connectivity index (χ0v) is 36.5. The fourth-order valence-electron chi connectivity index (χ4n) is 6.79. The van der Waals surface area contributed by atoms with Gasteiger partial charge >= 0.3 is 17.9 Å². The molecule has 1 aliphatic carbocycles. The highest BCUT2D eigenvalue weighted by Crippen LogP contribution is 2.35. The van der Waals surface area contributed by atoms with Crippen molar-refractivity contribution in [1.82, 2.24) is 0 Å². The Labute approximate surface area is 347 Å². The number of cyclic esters (lactones) is 1. The summed E-state index contributed by atoms with van der Waals surface area (Å²) in [6.45, 7) is 10.3. The van der Waals surface area contributed by atoms with E-state index in [1.165, 1.54) is 51.4 Å². The van der Waals surface area contributed by atoms with E-state index in [0.717, 1.165) is 82.6 Å². The number of unbranched alkanes of at least 4 members (excludes halogenated alkanes) is 16. The van der Waals surface area contributed by atoms with Crippen molar-refractivity contribution in [3.8, 4) is 0 Å². The van der Waals surface area contributed by atoms with Gasteiger partial charge < -0.3 is 18.9 Å². The second kappa shape index (κ2) is 31.5. The lowest BCUT2D eigenvalue weighted by molar-refractivity contribution is -0.160. The number of carbonyl (C=O) groups is 3. The molecule has 57 heavy (non-hydrogen) atoms. The molecule has 0 radical (unpaired) electrons. The molecule has 7 heteroatoms. The quantitative estimate of drug-likeness (QED) is 0.0273. The first-order valence-corrected chi connectivity index (χ1v) is 22.8. The molecule has 7 nitrogen and oxygen atoms in total. The first-order valence-electron chi connectivity index (χ1n) is 22.8. The third kappa shape index (κ3) is 22.3. The Morgan fingerprint density at radius 2 is 1.09 bits per heavy atom. The maximum Gasteiger partial charge on any atom is 0.378 e. The topological polar surface area (TPSA) is 88.1 Å². The summed E-state index contributed by atoms with van der Waals surface area (Å²) in [5.41, 5.74) is 0.358. The molecule has 0 N–H and O–H groups in total. The van der Waals surface area contributed by atoms with E-state index in [1.807, 2.05) is 39.0 Å². The van der Waals surface area contributed by atoms with Gasteiger partial charge in [0.25, 0.3) is 5.76 Å². The molecule has 0 aromatic carbocycles. The summed E-state index contributed by atoms with van der Waals surface area (Å²) < 4.78 is 23.6. The molecule has 1 aliphatic heterocycles. The average molecular weight is 791 g/mol. The Morgan fingerprint density at radius 1 is 0.649 bits per heavy atom. The zero-order chi connectivity index (χ0) is 41.4. The standard InChI is InChI=1S/C50H78O7/c1-6-9-11-13-15-17-19-21-23-25-27-29-31-33-35-40-44(51)54-47-46(43(8-3)57-50(4,5)42-38-37-39-42)56-49(53)48(47)55-45(52)41-36-34-32-30-28-26-24-22-20-18-16-14-12-10-7-2/h15-18,21-24,37-39,43,46H,6-14,19-20,25-36,40-41H2,1-5H3/b17-15-,18-16-,23-21-,24-22-. The van der Waals surface area contributed by atoms with Crippen LogP contribution in [0.3, 0.4) is 0 Å². The van der Waals surface area contributed by atoms with Crippen molar-refractivity contribution < 1.29 is 33.3 Å². The maximum atomic E-state index is 13.2. The second-order valence-corrected chi connectivity index (χ2v) is 16.0. The van der Waals surface area contributed by atoms with Gasteiger partial charge in [0.2, 0.25) is 5.76 Å². The third-order valence-electron chi connectivity index (χ3n) is 10.4. The number of esters is 3. The van der Waals surface area contributed by atoms with Crippen molar-refractivity contribution in [2.24, 2.45) is 0 Å². The van der Waals surface area contributed by atoms with E-state index in [0.29, 0.717) is 19.3 Å². The number of carbonyl (C=O) groups excluding carboxylic acids is 3. The molecule has 0 aromatic heterocycles. The van der Waals surface area contributed by atoms with Crippen molar-refractivity contribution >= 4 is 17.9 Å². The van der Waals surface area contributed by atoms with E-state index >= 15 is 0 Å². The van der Waals surface area contributed by atoms with Crippen molar-refractivity contribution in [3.63, 3.8) is 0 Å². The van der Waals surface area contributed by atoms with Crippen LogP contribution in [-0.2, 0) is 33.3 Å². The van der Waals surface area contributed by atoms with E-state index in [-0.39, 0.29) is 24.4 Å². The molecule has 0 fully saturated rings. The normalized spacial score (nSPS) is 16.3. The third-order valence-corrected chi connectivity index (χ3v) is 10.4. The van der Waals surface area contributed by atoms with Crippen molar-refractivity contribution in [2.45, 2.75) is 213 Å². The van der Waals surface area contributed by atoms with Crippen LogP contribution in [0, 0.1) is 0 Å². The molecule has 0 saturated carbocycles. The minimum absolute atomic E-state index is 0.0539. The zero-order valence-electron chi connectivity index (χ0n) is 36.5. The van der Waals surface area contributed by atoms with Crippen LogP contribution in [0.15, 0.2) is 83.9 Å².